The number of benzene rings is 1. The van der Waals surface area contributed by atoms with Crippen molar-refractivity contribution in [3.05, 3.63) is 54.3 Å². The number of hydrogen-bond acceptors (Lipinski definition) is 9. The number of unbranched alkanes of at least 4 members (excludes halogenated alkanes) is 1. The normalized spacial score (nSPS) is 11.4. The minimum Gasteiger partial charge on any atom is -0.379 e. The summed E-state index contributed by atoms with van der Waals surface area (Å²) in [7, 11) is 0. The van der Waals surface area contributed by atoms with Crippen molar-refractivity contribution in [1.29, 1.82) is 0 Å². The van der Waals surface area contributed by atoms with E-state index in [9.17, 15) is 4.79 Å². The fraction of sp³-hybridized carbons (Fsp3) is 0.448. The Morgan fingerprint density at radius 1 is 0.974 bits per heavy atom. The van der Waals surface area contributed by atoms with E-state index in [1.807, 2.05) is 55.6 Å². The molecular formula is C29H37N5O5. The summed E-state index contributed by atoms with van der Waals surface area (Å²) >= 11 is 0. The third kappa shape index (κ3) is 7.72. The Morgan fingerprint density at radius 3 is 2.41 bits per heavy atom. The second kappa shape index (κ2) is 14.5. The highest BCUT2D eigenvalue weighted by atomic mass is 16.5. The number of rotatable bonds is 17. The monoisotopic (exact) mass is 535 g/mol. The average molecular weight is 536 g/mol. The van der Waals surface area contributed by atoms with E-state index in [0.717, 1.165) is 52.5 Å². The van der Waals surface area contributed by atoms with Crippen LogP contribution in [-0.4, -0.2) is 71.5 Å². The van der Waals surface area contributed by atoms with Crippen LogP contribution in [0.3, 0.4) is 0 Å². The molecule has 0 aliphatic carbocycles. The SMILES string of the molecule is CCOCCOCCOCCCCC(=O)CNc1c(-c2ccc(-c3c(C)noc3C)cc2)nc2cnccn12. The fourth-order valence-electron chi connectivity index (χ4n) is 4.35. The molecule has 3 heterocycles. The van der Waals surface area contributed by atoms with E-state index in [-0.39, 0.29) is 12.3 Å². The van der Waals surface area contributed by atoms with Gasteiger partial charge >= 0.3 is 0 Å². The maximum absolute atomic E-state index is 12.6. The standard InChI is InChI=1S/C29H37N5O5/c1-4-36-15-16-38-18-17-37-14-6-5-7-25(35)19-31-29-28(32-26-20-30-12-13-34(26)29)24-10-8-23(9-11-24)27-21(2)33-39-22(27)3/h8-13,20,31H,4-7,14-19H2,1-3H3. The molecule has 0 saturated carbocycles. The smallest absolute Gasteiger partial charge is 0.157 e. The lowest BCUT2D eigenvalue weighted by Gasteiger charge is -2.09. The van der Waals surface area contributed by atoms with Crippen molar-refractivity contribution in [3.63, 3.8) is 0 Å². The molecule has 0 amide bonds. The molecule has 208 valence electrons. The lowest BCUT2D eigenvalue weighted by atomic mass is 10.0. The number of ether oxygens (including phenoxy) is 3. The molecule has 0 atom stereocenters. The van der Waals surface area contributed by atoms with Gasteiger partial charge in [0.2, 0.25) is 0 Å². The fourth-order valence-corrected chi connectivity index (χ4v) is 4.35. The molecule has 0 unspecified atom stereocenters. The van der Waals surface area contributed by atoms with E-state index in [4.69, 9.17) is 23.7 Å². The first-order valence-electron chi connectivity index (χ1n) is 13.4. The molecular weight excluding hydrogens is 498 g/mol. The Kier molecular flexibility index (Phi) is 10.6. The van der Waals surface area contributed by atoms with Gasteiger partial charge in [0, 0.05) is 43.2 Å². The second-order valence-corrected chi connectivity index (χ2v) is 9.16. The Morgan fingerprint density at radius 2 is 1.69 bits per heavy atom. The Hall–Kier alpha value is -3.60. The Labute approximate surface area is 228 Å². The van der Waals surface area contributed by atoms with Crippen molar-refractivity contribution < 1.29 is 23.5 Å². The molecule has 1 N–H and O–H groups in total. The number of fused-ring (bicyclic) bond motifs is 1. The molecule has 0 aliphatic heterocycles. The van der Waals surface area contributed by atoms with Crippen LogP contribution in [0.2, 0.25) is 0 Å². The van der Waals surface area contributed by atoms with E-state index in [0.29, 0.717) is 51.7 Å². The summed E-state index contributed by atoms with van der Waals surface area (Å²) < 4.78 is 23.5. The first kappa shape index (κ1) is 28.4. The highest BCUT2D eigenvalue weighted by molar-refractivity contribution is 5.85. The van der Waals surface area contributed by atoms with Gasteiger partial charge in [-0.1, -0.05) is 29.4 Å². The maximum Gasteiger partial charge on any atom is 0.157 e. The molecule has 0 fully saturated rings. The van der Waals surface area contributed by atoms with Crippen LogP contribution in [0.25, 0.3) is 28.0 Å². The van der Waals surface area contributed by atoms with Gasteiger partial charge in [-0.3, -0.25) is 14.2 Å². The minimum absolute atomic E-state index is 0.137. The second-order valence-electron chi connectivity index (χ2n) is 9.16. The summed E-state index contributed by atoms with van der Waals surface area (Å²) in [5, 5.41) is 7.38. The minimum atomic E-state index is 0.137. The van der Waals surface area contributed by atoms with Crippen molar-refractivity contribution in [3.8, 4) is 22.4 Å². The number of hydrogen-bond donors (Lipinski definition) is 1. The van der Waals surface area contributed by atoms with Crippen LogP contribution < -0.4 is 5.32 Å². The number of aromatic nitrogens is 4. The Balaban J connectivity index is 1.29. The largest absolute Gasteiger partial charge is 0.379 e. The third-order valence-electron chi connectivity index (χ3n) is 6.31. The predicted molar refractivity (Wildman–Crippen MR) is 149 cm³/mol. The van der Waals surface area contributed by atoms with Gasteiger partial charge in [0.25, 0.3) is 0 Å². The van der Waals surface area contributed by atoms with Crippen molar-refractivity contribution in [2.75, 3.05) is 51.5 Å². The number of ketones is 1. The summed E-state index contributed by atoms with van der Waals surface area (Å²) in [6, 6.07) is 8.11. The molecule has 3 aromatic heterocycles. The zero-order chi connectivity index (χ0) is 27.5. The average Bonchev–Trinajstić information content (AvgIpc) is 3.49. The van der Waals surface area contributed by atoms with Crippen LogP contribution >= 0.6 is 0 Å². The molecule has 0 radical (unpaired) electrons. The van der Waals surface area contributed by atoms with Gasteiger partial charge in [0.1, 0.15) is 17.3 Å². The molecule has 10 heteroatoms. The van der Waals surface area contributed by atoms with Gasteiger partial charge in [0.05, 0.1) is 44.9 Å². The molecule has 10 nitrogen and oxygen atoms in total. The van der Waals surface area contributed by atoms with E-state index in [2.05, 4.69) is 15.5 Å². The molecule has 0 bridgehead atoms. The lowest BCUT2D eigenvalue weighted by Crippen LogP contribution is -2.15. The predicted octanol–water partition coefficient (Wildman–Crippen LogP) is 4.89. The van der Waals surface area contributed by atoms with E-state index >= 15 is 0 Å². The number of anilines is 1. The first-order chi connectivity index (χ1) is 19.1. The number of carbonyl (C=O) groups is 1. The van der Waals surface area contributed by atoms with Crippen LogP contribution in [0.1, 0.15) is 37.6 Å². The van der Waals surface area contributed by atoms with E-state index in [1.54, 1.807) is 12.4 Å². The van der Waals surface area contributed by atoms with Crippen molar-refractivity contribution in [2.45, 2.75) is 40.0 Å². The van der Waals surface area contributed by atoms with Crippen LogP contribution in [0.5, 0.6) is 0 Å². The third-order valence-corrected chi connectivity index (χ3v) is 6.31. The summed E-state index contributed by atoms with van der Waals surface area (Å²) in [5.41, 5.74) is 5.29. The molecule has 0 aliphatic rings. The van der Waals surface area contributed by atoms with Crippen LogP contribution in [0.15, 0.2) is 47.4 Å². The summed E-state index contributed by atoms with van der Waals surface area (Å²) in [6.45, 7) is 9.62. The number of nitrogens with one attached hydrogen (secondary N) is 1. The molecule has 4 aromatic rings. The number of nitrogens with zero attached hydrogens (tertiary/aromatic N) is 4. The van der Waals surface area contributed by atoms with Crippen molar-refractivity contribution in [1.82, 2.24) is 19.5 Å². The maximum atomic E-state index is 12.6. The quantitative estimate of drug-likeness (QED) is 0.189. The molecule has 1 aromatic carbocycles. The van der Waals surface area contributed by atoms with Crippen LogP contribution in [-0.2, 0) is 19.0 Å². The molecule has 39 heavy (non-hydrogen) atoms. The summed E-state index contributed by atoms with van der Waals surface area (Å²) in [6.07, 6.45) is 7.35. The Bertz CT molecular complexity index is 1310. The zero-order valence-corrected chi connectivity index (χ0v) is 22.9. The number of aryl methyl sites for hydroxylation is 2. The van der Waals surface area contributed by atoms with E-state index < -0.39 is 0 Å². The van der Waals surface area contributed by atoms with Crippen LogP contribution in [0, 0.1) is 13.8 Å². The van der Waals surface area contributed by atoms with Gasteiger partial charge in [-0.05, 0) is 39.2 Å². The topological polar surface area (TPSA) is 113 Å². The van der Waals surface area contributed by atoms with Gasteiger partial charge in [-0.15, -0.1) is 0 Å². The molecule has 0 saturated heterocycles. The van der Waals surface area contributed by atoms with Gasteiger partial charge in [-0.25, -0.2) is 4.98 Å². The summed E-state index contributed by atoms with van der Waals surface area (Å²) in [5.74, 6) is 1.69. The van der Waals surface area contributed by atoms with Gasteiger partial charge in [0.15, 0.2) is 11.4 Å². The highest BCUT2D eigenvalue weighted by Gasteiger charge is 2.17. The van der Waals surface area contributed by atoms with Gasteiger partial charge < -0.3 is 24.1 Å². The molecule has 4 rings (SSSR count). The number of Topliss-reactive ketones (excluding diaryl/α,β-unsaturated/α-hetero) is 1. The molecule has 0 spiro atoms. The van der Waals surface area contributed by atoms with Crippen LogP contribution in [0.4, 0.5) is 5.82 Å². The number of carbonyl (C=O) groups excluding carboxylic acids is 1. The summed E-state index contributed by atoms with van der Waals surface area (Å²) in [4.78, 5) is 21.6. The van der Waals surface area contributed by atoms with Gasteiger partial charge in [-0.2, -0.15) is 0 Å². The zero-order valence-electron chi connectivity index (χ0n) is 22.9. The number of imidazole rings is 1. The highest BCUT2D eigenvalue weighted by Crippen LogP contribution is 2.32. The first-order valence-corrected chi connectivity index (χ1v) is 13.4. The van der Waals surface area contributed by atoms with Crippen molar-refractivity contribution in [2.24, 2.45) is 0 Å². The van der Waals surface area contributed by atoms with E-state index in [1.165, 1.54) is 0 Å². The lowest BCUT2D eigenvalue weighted by molar-refractivity contribution is -0.117. The van der Waals surface area contributed by atoms with Crippen molar-refractivity contribution >= 4 is 17.2 Å².